The fourth-order valence-corrected chi connectivity index (χ4v) is 3.15. The molecule has 152 valence electrons. The normalized spacial score (nSPS) is 10.5. The molecule has 30 heavy (non-hydrogen) atoms. The monoisotopic (exact) mass is 408 g/mol. The summed E-state index contributed by atoms with van der Waals surface area (Å²) in [6, 6.07) is 13.1. The molecule has 2 aromatic carbocycles. The van der Waals surface area contributed by atoms with Crippen LogP contribution in [0.1, 0.15) is 26.3 Å². The van der Waals surface area contributed by atoms with Crippen molar-refractivity contribution in [1.82, 2.24) is 4.98 Å². The topological polar surface area (TPSA) is 171 Å². The summed E-state index contributed by atoms with van der Waals surface area (Å²) in [7, 11) is 0. The van der Waals surface area contributed by atoms with Crippen LogP contribution in [0.4, 0.5) is 5.82 Å². The Hall–Kier alpha value is -4.40. The van der Waals surface area contributed by atoms with E-state index in [1.165, 1.54) is 12.1 Å². The third-order valence-electron chi connectivity index (χ3n) is 4.49. The average Bonchev–Trinajstić information content (AvgIpc) is 2.67. The van der Waals surface area contributed by atoms with Crippen molar-refractivity contribution in [1.29, 1.82) is 0 Å². The number of hydrogen-bond donors (Lipinski definition) is 5. The average molecular weight is 408 g/mol. The molecule has 9 heteroatoms. The number of aromatic amines is 1. The number of aromatic carboxylic acids is 2. The summed E-state index contributed by atoms with van der Waals surface area (Å²) < 4.78 is 0. The van der Waals surface area contributed by atoms with Gasteiger partial charge in [0.1, 0.15) is 16.9 Å². The third kappa shape index (κ3) is 3.90. The summed E-state index contributed by atoms with van der Waals surface area (Å²) in [5.74, 6) is -4.43. The van der Waals surface area contributed by atoms with Crippen LogP contribution in [-0.4, -0.2) is 38.2 Å². The van der Waals surface area contributed by atoms with Crippen molar-refractivity contribution in [3.05, 3.63) is 75.6 Å². The van der Waals surface area contributed by atoms with Crippen LogP contribution in [-0.2, 0) is 11.2 Å². The molecule has 0 spiro atoms. The Morgan fingerprint density at radius 2 is 1.23 bits per heavy atom. The van der Waals surface area contributed by atoms with E-state index in [1.807, 2.05) is 0 Å². The molecule has 9 nitrogen and oxygen atoms in total. The minimum absolute atomic E-state index is 0.0981. The predicted octanol–water partition coefficient (Wildman–Crippen LogP) is 2.31. The van der Waals surface area contributed by atoms with Gasteiger partial charge in [0.25, 0.3) is 5.56 Å². The Balaban J connectivity index is 2.09. The number of H-pyrrole nitrogens is 1. The zero-order valence-electron chi connectivity index (χ0n) is 15.4. The van der Waals surface area contributed by atoms with Gasteiger partial charge < -0.3 is 26.0 Å². The van der Waals surface area contributed by atoms with E-state index in [4.69, 9.17) is 10.8 Å². The quantitative estimate of drug-likeness (QED) is 0.413. The Labute approximate surface area is 169 Å². The number of benzene rings is 2. The van der Waals surface area contributed by atoms with Gasteiger partial charge in [0, 0.05) is 5.56 Å². The van der Waals surface area contributed by atoms with E-state index in [9.17, 15) is 29.4 Å². The van der Waals surface area contributed by atoms with Gasteiger partial charge in [0.2, 0.25) is 0 Å². The fourth-order valence-electron chi connectivity index (χ4n) is 3.15. The molecule has 0 aliphatic heterocycles. The van der Waals surface area contributed by atoms with Gasteiger partial charge in [-0.3, -0.25) is 9.59 Å². The number of aliphatic carboxylic acids is 1. The van der Waals surface area contributed by atoms with Crippen molar-refractivity contribution in [2.45, 2.75) is 6.42 Å². The molecule has 0 radical (unpaired) electrons. The molecule has 0 atom stereocenters. The number of pyridine rings is 1. The zero-order valence-corrected chi connectivity index (χ0v) is 15.4. The van der Waals surface area contributed by atoms with Gasteiger partial charge >= 0.3 is 17.9 Å². The largest absolute Gasteiger partial charge is 0.481 e. The second-order valence-corrected chi connectivity index (χ2v) is 6.45. The molecule has 1 aromatic heterocycles. The molecule has 0 saturated carbocycles. The summed E-state index contributed by atoms with van der Waals surface area (Å²) in [5.41, 5.74) is 5.48. The lowest BCUT2D eigenvalue weighted by Crippen LogP contribution is -2.24. The standard InChI is InChI=1S/C21H16N2O7/c22-18-16(20(27)28)15(17(21(29)30)19(26)23-18)13-7-5-12(6-8-13)11-3-1-10(2-4-11)9-14(24)25/h1-8H,9H2,(H,24,25)(H,27,28)(H,29,30)(H3,22,23,26). The second kappa shape index (κ2) is 7.92. The number of nitrogens with two attached hydrogens (primary N) is 1. The van der Waals surface area contributed by atoms with E-state index in [-0.39, 0.29) is 17.5 Å². The third-order valence-corrected chi connectivity index (χ3v) is 4.49. The second-order valence-electron chi connectivity index (χ2n) is 6.45. The highest BCUT2D eigenvalue weighted by Gasteiger charge is 2.26. The van der Waals surface area contributed by atoms with Crippen molar-refractivity contribution >= 4 is 23.7 Å². The van der Waals surface area contributed by atoms with E-state index in [0.29, 0.717) is 5.56 Å². The fraction of sp³-hybridized carbons (Fsp3) is 0.0476. The molecule has 0 bridgehead atoms. The highest BCUT2D eigenvalue weighted by molar-refractivity contribution is 6.07. The highest BCUT2D eigenvalue weighted by Crippen LogP contribution is 2.31. The molecule has 6 N–H and O–H groups in total. The van der Waals surface area contributed by atoms with Gasteiger partial charge in [-0.1, -0.05) is 48.5 Å². The number of hydrogen-bond acceptors (Lipinski definition) is 5. The number of carbonyl (C=O) groups is 3. The Bertz CT molecular complexity index is 1210. The van der Waals surface area contributed by atoms with E-state index in [2.05, 4.69) is 4.98 Å². The van der Waals surface area contributed by atoms with E-state index < -0.39 is 40.4 Å². The van der Waals surface area contributed by atoms with Crippen molar-refractivity contribution < 1.29 is 29.7 Å². The highest BCUT2D eigenvalue weighted by atomic mass is 16.4. The molecule has 3 rings (SSSR count). The number of anilines is 1. The van der Waals surface area contributed by atoms with Crippen LogP contribution in [0.5, 0.6) is 0 Å². The van der Waals surface area contributed by atoms with Crippen LogP contribution in [0.25, 0.3) is 22.3 Å². The predicted molar refractivity (Wildman–Crippen MR) is 108 cm³/mol. The van der Waals surface area contributed by atoms with Gasteiger partial charge in [-0.2, -0.15) is 0 Å². The lowest BCUT2D eigenvalue weighted by molar-refractivity contribution is -0.136. The molecule has 3 aromatic rings. The Morgan fingerprint density at radius 1 is 0.767 bits per heavy atom. The number of carboxylic acids is 3. The molecule has 1 heterocycles. The summed E-state index contributed by atoms with van der Waals surface area (Å²) in [6.07, 6.45) is -0.0981. The molecule has 0 aliphatic rings. The number of carboxylic acid groups (broad SMARTS) is 3. The SMILES string of the molecule is Nc1[nH]c(=O)c(C(=O)O)c(-c2ccc(-c3ccc(CC(=O)O)cc3)cc2)c1C(=O)O. The summed E-state index contributed by atoms with van der Waals surface area (Å²) in [6.45, 7) is 0. The van der Waals surface area contributed by atoms with Gasteiger partial charge in [-0.05, 0) is 22.3 Å². The van der Waals surface area contributed by atoms with Gasteiger partial charge in [-0.15, -0.1) is 0 Å². The minimum atomic E-state index is -1.58. The van der Waals surface area contributed by atoms with E-state index in [1.54, 1.807) is 36.4 Å². The maximum atomic E-state index is 12.1. The van der Waals surface area contributed by atoms with Crippen LogP contribution in [0.3, 0.4) is 0 Å². The van der Waals surface area contributed by atoms with Gasteiger partial charge in [0.05, 0.1) is 6.42 Å². The molecule has 0 amide bonds. The van der Waals surface area contributed by atoms with E-state index >= 15 is 0 Å². The zero-order chi connectivity index (χ0) is 22.0. The van der Waals surface area contributed by atoms with E-state index in [0.717, 1.165) is 11.1 Å². The first kappa shape index (κ1) is 20.3. The Kier molecular flexibility index (Phi) is 5.37. The molecular weight excluding hydrogens is 392 g/mol. The number of rotatable bonds is 6. The first-order valence-electron chi connectivity index (χ1n) is 8.63. The van der Waals surface area contributed by atoms with Gasteiger partial charge in [0.15, 0.2) is 0 Å². The molecule has 0 aliphatic carbocycles. The number of nitrogen functional groups attached to an aromatic ring is 1. The number of nitrogens with one attached hydrogen (secondary N) is 1. The van der Waals surface area contributed by atoms with Crippen LogP contribution in [0.15, 0.2) is 53.3 Å². The summed E-state index contributed by atoms with van der Waals surface area (Å²) in [4.78, 5) is 48.2. The summed E-state index contributed by atoms with van der Waals surface area (Å²) in [5, 5.41) is 27.8. The molecule has 0 fully saturated rings. The van der Waals surface area contributed by atoms with Crippen molar-refractivity contribution in [2.75, 3.05) is 5.73 Å². The minimum Gasteiger partial charge on any atom is -0.481 e. The summed E-state index contributed by atoms with van der Waals surface area (Å²) >= 11 is 0. The number of aromatic nitrogens is 1. The van der Waals surface area contributed by atoms with Gasteiger partial charge in [-0.25, -0.2) is 9.59 Å². The lowest BCUT2D eigenvalue weighted by Gasteiger charge is -2.12. The van der Waals surface area contributed by atoms with Crippen LogP contribution in [0.2, 0.25) is 0 Å². The first-order valence-corrected chi connectivity index (χ1v) is 8.63. The smallest absolute Gasteiger partial charge is 0.342 e. The van der Waals surface area contributed by atoms with Crippen LogP contribution < -0.4 is 11.3 Å². The molecule has 0 saturated heterocycles. The maximum Gasteiger partial charge on any atom is 0.342 e. The lowest BCUT2D eigenvalue weighted by atomic mass is 9.93. The molecular formula is C21H16N2O7. The van der Waals surface area contributed by atoms with Crippen molar-refractivity contribution in [3.63, 3.8) is 0 Å². The Morgan fingerprint density at radius 3 is 1.70 bits per heavy atom. The van der Waals surface area contributed by atoms with Crippen LogP contribution in [0, 0.1) is 0 Å². The first-order chi connectivity index (χ1) is 14.2. The molecule has 0 unspecified atom stereocenters. The van der Waals surface area contributed by atoms with Crippen molar-refractivity contribution in [2.24, 2.45) is 0 Å². The van der Waals surface area contributed by atoms with Crippen LogP contribution >= 0.6 is 0 Å². The maximum absolute atomic E-state index is 12.1. The van der Waals surface area contributed by atoms with Crippen molar-refractivity contribution in [3.8, 4) is 22.3 Å².